The summed E-state index contributed by atoms with van der Waals surface area (Å²) in [5.41, 5.74) is 6.31. The first kappa shape index (κ1) is 21.4. The summed E-state index contributed by atoms with van der Waals surface area (Å²) in [5.74, 6) is 0.0141. The molecule has 2 aliphatic rings. The van der Waals surface area contributed by atoms with Gasteiger partial charge in [0.2, 0.25) is 5.91 Å². The summed E-state index contributed by atoms with van der Waals surface area (Å²) in [4.78, 5) is 24.3. The second-order valence-corrected chi connectivity index (χ2v) is 9.28. The van der Waals surface area contributed by atoms with Gasteiger partial charge in [0, 0.05) is 69.8 Å². The third kappa shape index (κ3) is 5.86. The van der Waals surface area contributed by atoms with Gasteiger partial charge in [-0.15, -0.1) is 11.3 Å². The highest BCUT2D eigenvalue weighted by atomic mass is 32.1. The maximum absolute atomic E-state index is 12.4. The normalized spacial score (nSPS) is 19.8. The number of hydrogen-bond donors (Lipinski definition) is 1. The highest BCUT2D eigenvalue weighted by Gasteiger charge is 2.17. The minimum Gasteiger partial charge on any atom is -0.304 e. The van der Waals surface area contributed by atoms with Gasteiger partial charge >= 0.3 is 0 Å². The van der Waals surface area contributed by atoms with E-state index in [0.717, 1.165) is 75.2 Å². The van der Waals surface area contributed by atoms with E-state index in [9.17, 15) is 4.79 Å². The molecule has 7 nitrogen and oxygen atoms in total. The molecule has 1 aromatic carbocycles. The minimum absolute atomic E-state index is 0.0141. The molecular formula is C22H32N6OS. The van der Waals surface area contributed by atoms with Crippen LogP contribution in [0.5, 0.6) is 0 Å². The van der Waals surface area contributed by atoms with Crippen LogP contribution in [-0.2, 0) is 17.8 Å². The summed E-state index contributed by atoms with van der Waals surface area (Å²) in [6, 6.07) is 8.66. The predicted octanol–water partition coefficient (Wildman–Crippen LogP) is 1.38. The van der Waals surface area contributed by atoms with Gasteiger partial charge in [-0.1, -0.05) is 18.2 Å². The van der Waals surface area contributed by atoms with E-state index < -0.39 is 0 Å². The minimum atomic E-state index is 0.0141. The number of thiazole rings is 1. The molecule has 4 rings (SSSR count). The van der Waals surface area contributed by atoms with Crippen LogP contribution in [0.25, 0.3) is 10.6 Å². The average molecular weight is 429 g/mol. The first-order valence-electron chi connectivity index (χ1n) is 10.7. The molecule has 0 saturated carbocycles. The van der Waals surface area contributed by atoms with Crippen molar-refractivity contribution in [2.75, 3.05) is 66.5 Å². The summed E-state index contributed by atoms with van der Waals surface area (Å²) >= 11 is 1.61. The first-order valence-corrected chi connectivity index (χ1v) is 11.6. The summed E-state index contributed by atoms with van der Waals surface area (Å²) in [5, 5.41) is 5.00. The SMILES string of the molecule is CN1CCN(Cc2cccc(-c3nc(CC(=O)NN4CCN(C)CC4)cs3)c2)CC1. The van der Waals surface area contributed by atoms with Crippen molar-refractivity contribution in [3.05, 3.63) is 40.9 Å². The summed E-state index contributed by atoms with van der Waals surface area (Å²) in [7, 11) is 4.29. The largest absolute Gasteiger partial charge is 0.304 e. The van der Waals surface area contributed by atoms with Gasteiger partial charge in [-0.25, -0.2) is 9.99 Å². The van der Waals surface area contributed by atoms with E-state index in [-0.39, 0.29) is 5.91 Å². The molecule has 0 radical (unpaired) electrons. The van der Waals surface area contributed by atoms with E-state index in [4.69, 9.17) is 4.98 Å². The van der Waals surface area contributed by atoms with E-state index in [1.807, 2.05) is 10.4 Å². The van der Waals surface area contributed by atoms with E-state index in [1.54, 1.807) is 11.3 Å². The molecular weight excluding hydrogens is 396 g/mol. The van der Waals surface area contributed by atoms with Crippen molar-refractivity contribution in [3.63, 3.8) is 0 Å². The Morgan fingerprint density at radius 2 is 1.73 bits per heavy atom. The third-order valence-electron chi connectivity index (χ3n) is 5.86. The Bertz CT molecular complexity index is 840. The summed E-state index contributed by atoms with van der Waals surface area (Å²) < 4.78 is 0. The fourth-order valence-corrected chi connectivity index (χ4v) is 4.70. The van der Waals surface area contributed by atoms with Crippen molar-refractivity contribution < 1.29 is 4.79 Å². The number of benzene rings is 1. The highest BCUT2D eigenvalue weighted by Crippen LogP contribution is 2.25. The monoisotopic (exact) mass is 428 g/mol. The van der Waals surface area contributed by atoms with Gasteiger partial charge in [-0.05, 0) is 25.7 Å². The van der Waals surface area contributed by atoms with Gasteiger partial charge in [-0.3, -0.25) is 15.1 Å². The van der Waals surface area contributed by atoms with Crippen LogP contribution >= 0.6 is 11.3 Å². The lowest BCUT2D eigenvalue weighted by Crippen LogP contribution is -2.52. The molecule has 2 fully saturated rings. The average Bonchev–Trinajstić information content (AvgIpc) is 3.20. The molecule has 1 amide bonds. The molecule has 3 heterocycles. The van der Waals surface area contributed by atoms with Gasteiger partial charge in [0.25, 0.3) is 0 Å². The zero-order chi connectivity index (χ0) is 20.9. The molecule has 2 saturated heterocycles. The van der Waals surface area contributed by atoms with Crippen molar-refractivity contribution in [2.45, 2.75) is 13.0 Å². The Kier molecular flexibility index (Phi) is 7.12. The Morgan fingerprint density at radius 1 is 1.03 bits per heavy atom. The van der Waals surface area contributed by atoms with Crippen LogP contribution in [0, 0.1) is 0 Å². The van der Waals surface area contributed by atoms with Crippen LogP contribution in [0.1, 0.15) is 11.3 Å². The molecule has 0 unspecified atom stereocenters. The van der Waals surface area contributed by atoms with Crippen LogP contribution in [0.3, 0.4) is 0 Å². The zero-order valence-corrected chi connectivity index (χ0v) is 18.8. The molecule has 2 aliphatic heterocycles. The Hall–Kier alpha value is -1.84. The summed E-state index contributed by atoms with van der Waals surface area (Å²) in [6.45, 7) is 9.16. The number of carbonyl (C=O) groups is 1. The van der Waals surface area contributed by atoms with E-state index in [0.29, 0.717) is 6.42 Å². The van der Waals surface area contributed by atoms with Gasteiger partial charge in [0.15, 0.2) is 0 Å². The Labute approximate surface area is 183 Å². The molecule has 1 aromatic heterocycles. The fraction of sp³-hybridized carbons (Fsp3) is 0.545. The zero-order valence-electron chi connectivity index (χ0n) is 18.0. The number of hydrogen-bond acceptors (Lipinski definition) is 7. The number of nitrogens with one attached hydrogen (secondary N) is 1. The van der Waals surface area contributed by atoms with Crippen LogP contribution in [0.15, 0.2) is 29.6 Å². The topological polar surface area (TPSA) is 55.0 Å². The lowest BCUT2D eigenvalue weighted by atomic mass is 10.1. The quantitative estimate of drug-likeness (QED) is 0.750. The van der Waals surface area contributed by atoms with Crippen molar-refractivity contribution in [1.82, 2.24) is 30.1 Å². The standard InChI is InChI=1S/C22H32N6OS/c1-25-6-10-27(11-7-25)16-18-4-3-5-19(14-18)22-23-20(17-30-22)15-21(29)24-28-12-8-26(2)9-13-28/h3-5,14,17H,6-13,15-16H2,1-2H3,(H,24,29). The van der Waals surface area contributed by atoms with Crippen molar-refractivity contribution in [2.24, 2.45) is 0 Å². The Balaban J connectivity index is 1.32. The van der Waals surface area contributed by atoms with Gasteiger partial charge in [-0.2, -0.15) is 0 Å². The molecule has 30 heavy (non-hydrogen) atoms. The van der Waals surface area contributed by atoms with Crippen molar-refractivity contribution in [3.8, 4) is 10.6 Å². The Morgan fingerprint density at radius 3 is 2.47 bits per heavy atom. The third-order valence-corrected chi connectivity index (χ3v) is 6.80. The van der Waals surface area contributed by atoms with Crippen molar-refractivity contribution >= 4 is 17.2 Å². The number of rotatable bonds is 6. The van der Waals surface area contributed by atoms with Gasteiger partial charge in [0.1, 0.15) is 5.01 Å². The fourth-order valence-electron chi connectivity index (χ4n) is 3.89. The van der Waals surface area contributed by atoms with E-state index >= 15 is 0 Å². The number of hydrazine groups is 1. The number of likely N-dealkylation sites (N-methyl/N-ethyl adjacent to an activating group) is 2. The number of carbonyl (C=O) groups excluding carboxylic acids is 1. The maximum atomic E-state index is 12.4. The number of nitrogens with zero attached hydrogens (tertiary/aromatic N) is 5. The number of amides is 1. The molecule has 1 N–H and O–H groups in total. The highest BCUT2D eigenvalue weighted by molar-refractivity contribution is 7.13. The number of aromatic nitrogens is 1. The van der Waals surface area contributed by atoms with Crippen LogP contribution in [-0.4, -0.2) is 97.1 Å². The van der Waals surface area contributed by atoms with Gasteiger partial charge < -0.3 is 9.80 Å². The molecule has 0 bridgehead atoms. The summed E-state index contributed by atoms with van der Waals surface area (Å²) in [6.07, 6.45) is 0.323. The van der Waals surface area contributed by atoms with Crippen LogP contribution in [0.2, 0.25) is 0 Å². The molecule has 2 aromatic rings. The van der Waals surface area contributed by atoms with Crippen LogP contribution in [0.4, 0.5) is 0 Å². The number of piperazine rings is 2. The second kappa shape index (κ2) is 9.98. The molecule has 0 spiro atoms. The first-order chi connectivity index (χ1) is 14.5. The second-order valence-electron chi connectivity index (χ2n) is 8.43. The van der Waals surface area contributed by atoms with Gasteiger partial charge in [0.05, 0.1) is 12.1 Å². The lowest BCUT2D eigenvalue weighted by Gasteiger charge is -2.32. The van der Waals surface area contributed by atoms with E-state index in [2.05, 4.69) is 58.5 Å². The van der Waals surface area contributed by atoms with Crippen LogP contribution < -0.4 is 5.43 Å². The molecule has 8 heteroatoms. The maximum Gasteiger partial charge on any atom is 0.240 e. The predicted molar refractivity (Wildman–Crippen MR) is 121 cm³/mol. The lowest BCUT2D eigenvalue weighted by molar-refractivity contribution is -0.126. The van der Waals surface area contributed by atoms with E-state index in [1.165, 1.54) is 5.56 Å². The molecule has 162 valence electrons. The molecule has 0 aliphatic carbocycles. The van der Waals surface area contributed by atoms with Crippen molar-refractivity contribution in [1.29, 1.82) is 0 Å². The smallest absolute Gasteiger partial charge is 0.240 e. The molecule has 0 atom stereocenters.